The van der Waals surface area contributed by atoms with E-state index in [2.05, 4.69) is 0 Å². The molecule has 1 fully saturated rings. The lowest BCUT2D eigenvalue weighted by molar-refractivity contribution is 0.0463. The molecule has 0 spiro atoms. The lowest BCUT2D eigenvalue weighted by Crippen LogP contribution is -2.42. The molecular formula is C13H20N2O3. The molecule has 18 heavy (non-hydrogen) atoms. The van der Waals surface area contributed by atoms with Crippen molar-refractivity contribution in [1.82, 2.24) is 9.47 Å². The standard InChI is InChI=1S/C13H20N2O3/c1-18-9-8-14-6-3-5-12(14)13(17)15-7-2-4-11(16)10-15/h3,5-6,11,16H,2,4,7-10H2,1H3. The van der Waals surface area contributed by atoms with Crippen LogP contribution in [0, 0.1) is 0 Å². The summed E-state index contributed by atoms with van der Waals surface area (Å²) in [4.78, 5) is 14.1. The third-order valence-corrected chi connectivity index (χ3v) is 3.27. The zero-order valence-electron chi connectivity index (χ0n) is 10.7. The zero-order valence-corrected chi connectivity index (χ0v) is 10.7. The summed E-state index contributed by atoms with van der Waals surface area (Å²) < 4.78 is 6.92. The van der Waals surface area contributed by atoms with Crippen molar-refractivity contribution in [1.29, 1.82) is 0 Å². The number of carbonyl (C=O) groups excluding carboxylic acids is 1. The summed E-state index contributed by atoms with van der Waals surface area (Å²) in [7, 11) is 1.64. The van der Waals surface area contributed by atoms with Gasteiger partial charge < -0.3 is 19.3 Å². The van der Waals surface area contributed by atoms with Gasteiger partial charge in [0.25, 0.3) is 5.91 Å². The maximum absolute atomic E-state index is 12.3. The third-order valence-electron chi connectivity index (χ3n) is 3.27. The molecule has 1 saturated heterocycles. The average molecular weight is 252 g/mol. The van der Waals surface area contributed by atoms with Gasteiger partial charge in [-0.25, -0.2) is 0 Å². The first-order chi connectivity index (χ1) is 8.72. The summed E-state index contributed by atoms with van der Waals surface area (Å²) in [6.45, 7) is 2.41. The minimum Gasteiger partial charge on any atom is -0.391 e. The van der Waals surface area contributed by atoms with Gasteiger partial charge in [-0.1, -0.05) is 0 Å². The second-order valence-corrected chi connectivity index (χ2v) is 4.63. The van der Waals surface area contributed by atoms with E-state index in [9.17, 15) is 9.90 Å². The number of amides is 1. The van der Waals surface area contributed by atoms with Gasteiger partial charge in [0.05, 0.1) is 12.7 Å². The van der Waals surface area contributed by atoms with Crippen molar-refractivity contribution in [3.8, 4) is 0 Å². The number of β-amino-alcohol motifs (C(OH)–C–C–N with tert-alkyl or cyclic N) is 1. The van der Waals surface area contributed by atoms with E-state index < -0.39 is 0 Å². The van der Waals surface area contributed by atoms with Gasteiger partial charge in [-0.2, -0.15) is 0 Å². The molecule has 0 aliphatic carbocycles. The van der Waals surface area contributed by atoms with E-state index >= 15 is 0 Å². The van der Waals surface area contributed by atoms with Crippen LogP contribution >= 0.6 is 0 Å². The predicted octanol–water partition coefficient (Wildman–Crippen LogP) is 0.731. The van der Waals surface area contributed by atoms with Crippen LogP contribution in [0.5, 0.6) is 0 Å². The Hall–Kier alpha value is -1.33. The maximum Gasteiger partial charge on any atom is 0.270 e. The van der Waals surface area contributed by atoms with E-state index in [-0.39, 0.29) is 12.0 Å². The Morgan fingerprint density at radius 3 is 3.17 bits per heavy atom. The van der Waals surface area contributed by atoms with E-state index in [4.69, 9.17) is 4.74 Å². The number of methoxy groups -OCH3 is 1. The number of likely N-dealkylation sites (tertiary alicyclic amines) is 1. The fraction of sp³-hybridized carbons (Fsp3) is 0.615. The molecule has 0 saturated carbocycles. The molecule has 2 heterocycles. The molecule has 1 aromatic heterocycles. The van der Waals surface area contributed by atoms with Gasteiger partial charge in [-0.3, -0.25) is 4.79 Å². The topological polar surface area (TPSA) is 54.7 Å². The van der Waals surface area contributed by atoms with Crippen molar-refractivity contribution >= 4 is 5.91 Å². The number of aromatic nitrogens is 1. The SMILES string of the molecule is COCCn1cccc1C(=O)N1CCCC(O)C1. The van der Waals surface area contributed by atoms with Gasteiger partial charge >= 0.3 is 0 Å². The molecule has 1 aliphatic rings. The summed E-state index contributed by atoms with van der Waals surface area (Å²) >= 11 is 0. The molecule has 0 aromatic carbocycles. The Morgan fingerprint density at radius 1 is 1.61 bits per heavy atom. The Labute approximate surface area is 107 Å². The highest BCUT2D eigenvalue weighted by Crippen LogP contribution is 2.14. The quantitative estimate of drug-likeness (QED) is 0.859. The second kappa shape index (κ2) is 6.02. The normalized spacial score (nSPS) is 20.1. The number of aliphatic hydroxyl groups excluding tert-OH is 1. The number of hydrogen-bond acceptors (Lipinski definition) is 3. The van der Waals surface area contributed by atoms with Crippen molar-refractivity contribution in [3.05, 3.63) is 24.0 Å². The van der Waals surface area contributed by atoms with E-state index in [0.717, 1.165) is 19.4 Å². The monoisotopic (exact) mass is 252 g/mol. The predicted molar refractivity (Wildman–Crippen MR) is 67.5 cm³/mol. The zero-order chi connectivity index (χ0) is 13.0. The number of nitrogens with zero attached hydrogens (tertiary/aromatic N) is 2. The van der Waals surface area contributed by atoms with E-state index in [0.29, 0.717) is 25.4 Å². The van der Waals surface area contributed by atoms with E-state index in [1.54, 1.807) is 12.0 Å². The van der Waals surface area contributed by atoms with Crippen LogP contribution in [-0.4, -0.2) is 53.4 Å². The first-order valence-corrected chi connectivity index (χ1v) is 6.34. The molecule has 1 N–H and O–H groups in total. The number of piperidine rings is 1. The summed E-state index contributed by atoms with van der Waals surface area (Å²) in [5.41, 5.74) is 0.668. The molecule has 1 aromatic rings. The summed E-state index contributed by atoms with van der Waals surface area (Å²) in [6.07, 6.45) is 3.15. The first-order valence-electron chi connectivity index (χ1n) is 6.34. The highest BCUT2D eigenvalue weighted by molar-refractivity contribution is 5.92. The molecule has 0 radical (unpaired) electrons. The Bertz CT molecular complexity index is 403. The largest absolute Gasteiger partial charge is 0.391 e. The van der Waals surface area contributed by atoms with E-state index in [1.807, 2.05) is 22.9 Å². The minimum absolute atomic E-state index is 0.00477. The Morgan fingerprint density at radius 2 is 2.44 bits per heavy atom. The van der Waals surface area contributed by atoms with Crippen LogP contribution in [0.3, 0.4) is 0 Å². The van der Waals surface area contributed by atoms with Gasteiger partial charge in [-0.05, 0) is 25.0 Å². The number of rotatable bonds is 4. The van der Waals surface area contributed by atoms with Crippen LogP contribution in [0.2, 0.25) is 0 Å². The highest BCUT2D eigenvalue weighted by atomic mass is 16.5. The van der Waals surface area contributed by atoms with E-state index in [1.165, 1.54) is 0 Å². The molecular weight excluding hydrogens is 232 g/mol. The lowest BCUT2D eigenvalue weighted by Gasteiger charge is -2.30. The van der Waals surface area contributed by atoms with Gasteiger partial charge in [0, 0.05) is 32.9 Å². The van der Waals surface area contributed by atoms with Crippen LogP contribution < -0.4 is 0 Å². The molecule has 2 rings (SSSR count). The molecule has 100 valence electrons. The molecule has 1 atom stereocenters. The van der Waals surface area contributed by atoms with Gasteiger partial charge in [0.2, 0.25) is 0 Å². The summed E-state index contributed by atoms with van der Waals surface area (Å²) in [6, 6.07) is 3.68. The van der Waals surface area contributed by atoms with Crippen molar-refractivity contribution < 1.29 is 14.6 Å². The fourth-order valence-corrected chi connectivity index (χ4v) is 2.29. The Kier molecular flexibility index (Phi) is 4.38. The minimum atomic E-state index is -0.384. The van der Waals surface area contributed by atoms with Gasteiger partial charge in [0.15, 0.2) is 0 Å². The van der Waals surface area contributed by atoms with Crippen molar-refractivity contribution in [2.24, 2.45) is 0 Å². The van der Waals surface area contributed by atoms with Gasteiger partial charge in [0.1, 0.15) is 5.69 Å². The average Bonchev–Trinajstić information content (AvgIpc) is 2.83. The summed E-state index contributed by atoms with van der Waals surface area (Å²) in [5.74, 6) is -0.00477. The van der Waals surface area contributed by atoms with Gasteiger partial charge in [-0.15, -0.1) is 0 Å². The molecule has 5 nitrogen and oxygen atoms in total. The molecule has 1 amide bonds. The van der Waals surface area contributed by atoms with Crippen LogP contribution in [0.25, 0.3) is 0 Å². The summed E-state index contributed by atoms with van der Waals surface area (Å²) in [5, 5.41) is 9.62. The fourth-order valence-electron chi connectivity index (χ4n) is 2.29. The Balaban J connectivity index is 2.05. The first kappa shape index (κ1) is 13.1. The molecule has 1 unspecified atom stereocenters. The highest BCUT2D eigenvalue weighted by Gasteiger charge is 2.24. The van der Waals surface area contributed by atoms with Crippen molar-refractivity contribution in [3.63, 3.8) is 0 Å². The number of ether oxygens (including phenoxy) is 1. The molecule has 0 bridgehead atoms. The number of carbonyl (C=O) groups is 1. The number of aliphatic hydroxyl groups is 1. The second-order valence-electron chi connectivity index (χ2n) is 4.63. The lowest BCUT2D eigenvalue weighted by atomic mass is 10.1. The smallest absolute Gasteiger partial charge is 0.270 e. The maximum atomic E-state index is 12.3. The molecule has 1 aliphatic heterocycles. The van der Waals surface area contributed by atoms with Crippen LogP contribution in [0.1, 0.15) is 23.3 Å². The molecule has 5 heteroatoms. The number of hydrogen-bond donors (Lipinski definition) is 1. The van der Waals surface area contributed by atoms with Crippen LogP contribution in [-0.2, 0) is 11.3 Å². The van der Waals surface area contributed by atoms with Crippen LogP contribution in [0.15, 0.2) is 18.3 Å². The van der Waals surface area contributed by atoms with Crippen molar-refractivity contribution in [2.75, 3.05) is 26.8 Å². The van der Waals surface area contributed by atoms with Crippen molar-refractivity contribution in [2.45, 2.75) is 25.5 Å². The third kappa shape index (κ3) is 2.91. The van der Waals surface area contributed by atoms with Crippen LogP contribution in [0.4, 0.5) is 0 Å².